The van der Waals surface area contributed by atoms with E-state index in [0.717, 1.165) is 60.8 Å². The molecule has 6 fully saturated rings. The van der Waals surface area contributed by atoms with Crippen LogP contribution in [-0.2, 0) is 30.2 Å². The average molecular weight is 1000 g/mol. The third-order valence-electron chi connectivity index (χ3n) is 21.2. The summed E-state index contributed by atoms with van der Waals surface area (Å²) in [6, 6.07) is 15.9. The van der Waals surface area contributed by atoms with Gasteiger partial charge in [0.05, 0.1) is 0 Å². The molecule has 8 aliphatic carbocycles. The largest absolute Gasteiger partial charge is 0.584 e. The number of rotatable bonds is 8. The minimum absolute atomic E-state index is 0.490. The molecule has 0 unspecified atom stereocenters. The van der Waals surface area contributed by atoms with Crippen LogP contribution in [0.5, 0.6) is 11.5 Å². The van der Waals surface area contributed by atoms with Gasteiger partial charge in [0.15, 0.2) is 0 Å². The molecule has 4 aromatic carbocycles. The molecule has 0 atom stereocenters. The molecule has 0 aromatic heterocycles. The van der Waals surface area contributed by atoms with Crippen LogP contribution >= 0.6 is 7.82 Å². The van der Waals surface area contributed by atoms with E-state index in [-0.39, 0.29) is 0 Å². The van der Waals surface area contributed by atoms with Gasteiger partial charge in [0, 0.05) is 22.3 Å². The topological polar surface area (TPSA) is 55.8 Å². The van der Waals surface area contributed by atoms with Crippen LogP contribution in [0.4, 0.5) is 0 Å². The first kappa shape index (κ1) is 49.3. The molecule has 1 heterocycles. The maximum atomic E-state index is 15.7. The van der Waals surface area contributed by atoms with Gasteiger partial charge in [0.25, 0.3) is 0 Å². The zero-order valence-electron chi connectivity index (χ0n) is 44.9. The summed E-state index contributed by atoms with van der Waals surface area (Å²) in [6.07, 6.45) is 47.3. The molecule has 9 aliphatic rings. The molecule has 5 heteroatoms. The highest BCUT2D eigenvalue weighted by atomic mass is 31.2. The van der Waals surface area contributed by atoms with Crippen LogP contribution in [0.1, 0.15) is 309 Å². The predicted octanol–water partition coefficient (Wildman–Crippen LogP) is 20.6. The fourth-order valence-electron chi connectivity index (χ4n) is 17.4. The van der Waals surface area contributed by atoms with Gasteiger partial charge in [0.1, 0.15) is 11.5 Å². The van der Waals surface area contributed by atoms with Crippen LogP contribution in [0, 0.1) is 0 Å². The minimum atomic E-state index is -4.71. The molecule has 1 aliphatic heterocycles. The van der Waals surface area contributed by atoms with Crippen molar-refractivity contribution in [1.82, 2.24) is 0 Å². The molecule has 0 saturated heterocycles. The molecule has 390 valence electrons. The number of phosphoric acid groups is 1. The van der Waals surface area contributed by atoms with Crippen molar-refractivity contribution >= 4 is 7.82 Å². The van der Waals surface area contributed by atoms with Crippen molar-refractivity contribution in [2.75, 3.05) is 0 Å². The Kier molecular flexibility index (Phi) is 14.6. The van der Waals surface area contributed by atoms with Gasteiger partial charge in [-0.2, -0.15) is 0 Å². The van der Waals surface area contributed by atoms with Crippen molar-refractivity contribution in [3.8, 4) is 44.9 Å². The summed E-state index contributed by atoms with van der Waals surface area (Å²) in [7, 11) is -4.71. The Balaban J connectivity index is 1.11. The Morgan fingerprint density at radius 2 is 0.603 bits per heavy atom. The van der Waals surface area contributed by atoms with Gasteiger partial charge in [0.2, 0.25) is 0 Å². The summed E-state index contributed by atoms with van der Waals surface area (Å²) in [5.41, 5.74) is 22.2. The van der Waals surface area contributed by atoms with E-state index < -0.39 is 7.82 Å². The lowest BCUT2D eigenvalue weighted by Gasteiger charge is -2.34. The maximum Gasteiger partial charge on any atom is 0.584 e. The highest BCUT2D eigenvalue weighted by molar-refractivity contribution is 7.48. The highest BCUT2D eigenvalue weighted by Crippen LogP contribution is 2.64. The van der Waals surface area contributed by atoms with E-state index in [1.54, 1.807) is 11.1 Å². The first-order chi connectivity index (χ1) is 36.0. The zero-order valence-corrected chi connectivity index (χ0v) is 45.8. The standard InChI is InChI=1S/C68H89O4P/c69-73(70)71-67-61(63-57(47-27-11-3-12-28-47)41-53(45-23-7-1-8-24-45)42-58(63)48-29-13-4-14-30-48)39-51-35-19-21-37-55(51)65(67)66-56-38-22-20-36-52(56)40-62(68(66)72-73)64-59(49-31-15-5-16-32-49)43-54(46-25-9-2-10-26-46)44-60(64)50-33-17-6-18-34-50/h39-50H,1-38H2,(H,69,70). The number of fused-ring (bicyclic) bond motifs is 7. The summed E-state index contributed by atoms with van der Waals surface area (Å²) in [4.78, 5) is 12.8. The Morgan fingerprint density at radius 1 is 0.329 bits per heavy atom. The average Bonchev–Trinajstić information content (AvgIpc) is 3.59. The van der Waals surface area contributed by atoms with Gasteiger partial charge < -0.3 is 9.05 Å². The molecule has 73 heavy (non-hydrogen) atoms. The molecular formula is C68H89O4P. The number of benzene rings is 4. The fraction of sp³-hybridized carbons (Fsp3) is 0.647. The van der Waals surface area contributed by atoms with E-state index in [0.29, 0.717) is 47.0 Å². The Morgan fingerprint density at radius 3 is 0.904 bits per heavy atom. The van der Waals surface area contributed by atoms with Gasteiger partial charge in [-0.1, -0.05) is 140 Å². The molecule has 0 spiro atoms. The van der Waals surface area contributed by atoms with Crippen molar-refractivity contribution < 1.29 is 18.5 Å². The van der Waals surface area contributed by atoms with Gasteiger partial charge in [-0.25, -0.2) is 4.57 Å². The number of hydrogen-bond acceptors (Lipinski definition) is 3. The molecule has 6 saturated carbocycles. The minimum Gasteiger partial charge on any atom is -0.394 e. The molecule has 0 radical (unpaired) electrons. The zero-order chi connectivity index (χ0) is 48.9. The quantitative estimate of drug-likeness (QED) is 0.179. The second-order valence-corrected chi connectivity index (χ2v) is 27.1. The third-order valence-corrected chi connectivity index (χ3v) is 22.0. The second kappa shape index (κ2) is 21.6. The monoisotopic (exact) mass is 1000 g/mol. The van der Waals surface area contributed by atoms with Gasteiger partial charge >= 0.3 is 7.82 Å². The van der Waals surface area contributed by atoms with Crippen LogP contribution in [0.25, 0.3) is 33.4 Å². The molecule has 4 aromatic rings. The maximum absolute atomic E-state index is 15.7. The highest BCUT2D eigenvalue weighted by Gasteiger charge is 2.43. The van der Waals surface area contributed by atoms with Crippen LogP contribution in [-0.4, -0.2) is 4.89 Å². The molecule has 0 bridgehead atoms. The molecule has 0 amide bonds. The van der Waals surface area contributed by atoms with Crippen molar-refractivity contribution in [3.05, 3.63) is 92.0 Å². The van der Waals surface area contributed by atoms with Crippen LogP contribution < -0.4 is 9.05 Å². The summed E-state index contributed by atoms with van der Waals surface area (Å²) < 4.78 is 29.8. The Hall–Kier alpha value is -3.33. The molecule has 1 N–H and O–H groups in total. The van der Waals surface area contributed by atoms with Crippen LogP contribution in [0.2, 0.25) is 0 Å². The van der Waals surface area contributed by atoms with Crippen molar-refractivity contribution in [2.24, 2.45) is 0 Å². The molecule has 4 nitrogen and oxygen atoms in total. The molecular weight excluding hydrogens is 912 g/mol. The van der Waals surface area contributed by atoms with Crippen LogP contribution in [0.3, 0.4) is 0 Å². The fourth-order valence-corrected chi connectivity index (χ4v) is 18.3. The lowest BCUT2D eigenvalue weighted by atomic mass is 9.70. The number of phosphoric ester groups is 1. The van der Waals surface area contributed by atoms with E-state index in [4.69, 9.17) is 9.05 Å². The van der Waals surface area contributed by atoms with E-state index in [1.807, 2.05) is 0 Å². The van der Waals surface area contributed by atoms with E-state index >= 15 is 4.57 Å². The van der Waals surface area contributed by atoms with Gasteiger partial charge in [-0.3, -0.25) is 4.89 Å². The Labute approximate surface area is 440 Å². The van der Waals surface area contributed by atoms with Gasteiger partial charge in [-0.05, 0) is 243 Å². The van der Waals surface area contributed by atoms with E-state index in [1.165, 1.54) is 261 Å². The predicted molar refractivity (Wildman–Crippen MR) is 302 cm³/mol. The Bertz CT molecular complexity index is 2430. The second-order valence-electron chi connectivity index (χ2n) is 25.8. The number of aryl methyl sites for hydroxylation is 2. The summed E-state index contributed by atoms with van der Waals surface area (Å²) in [5.74, 6) is 4.55. The third kappa shape index (κ3) is 9.78. The number of hydrogen-bond donors (Lipinski definition) is 1. The smallest absolute Gasteiger partial charge is 0.394 e. The lowest BCUT2D eigenvalue weighted by molar-refractivity contribution is 0.295. The van der Waals surface area contributed by atoms with E-state index in [2.05, 4.69) is 36.4 Å². The first-order valence-electron chi connectivity index (χ1n) is 31.4. The van der Waals surface area contributed by atoms with Gasteiger partial charge in [-0.15, -0.1) is 0 Å². The van der Waals surface area contributed by atoms with Crippen LogP contribution in [0.15, 0.2) is 36.4 Å². The first-order valence-corrected chi connectivity index (χ1v) is 32.9. The van der Waals surface area contributed by atoms with Crippen molar-refractivity contribution in [3.63, 3.8) is 0 Å². The summed E-state index contributed by atoms with van der Waals surface area (Å²) >= 11 is 0. The van der Waals surface area contributed by atoms with Crippen molar-refractivity contribution in [1.29, 1.82) is 0 Å². The SMILES string of the molecule is O=P1(O)Oc2c(-c3c(C4CCCCC4)cc(C4CCCCC4)cc3C3CCCCC3)cc3c(c2-c2c4c(cc(-c5c(C6CCCCC6)cc(C6CCCCC6)cc5C5CCCCC5)c2O1)CCCC4)CCCC3. The summed E-state index contributed by atoms with van der Waals surface area (Å²) in [5, 5.41) is 0. The van der Waals surface area contributed by atoms with E-state index in [9.17, 15) is 4.89 Å². The lowest BCUT2D eigenvalue weighted by Crippen LogP contribution is -2.16. The summed E-state index contributed by atoms with van der Waals surface area (Å²) in [6.45, 7) is 0. The normalized spacial score (nSPS) is 23.8. The van der Waals surface area contributed by atoms with Crippen molar-refractivity contribution in [2.45, 2.75) is 279 Å². The molecule has 13 rings (SSSR count).